The standard InChI is InChI=1S/C19H30N2O4S/c1-15(2)25-14-4-11-20-19(22)17-5-7-18(8-6-17)26(23,24)21-12-9-16(3)10-13-21/h5-8,15-16H,4,9-14H2,1-3H3,(H,20,22). The Labute approximate surface area is 157 Å². The molecular weight excluding hydrogens is 352 g/mol. The van der Waals surface area contributed by atoms with Gasteiger partial charge in [0.25, 0.3) is 5.91 Å². The van der Waals surface area contributed by atoms with Gasteiger partial charge in [-0.15, -0.1) is 0 Å². The molecule has 1 N–H and O–H groups in total. The summed E-state index contributed by atoms with van der Waals surface area (Å²) in [6.07, 6.45) is 2.70. The molecule has 146 valence electrons. The van der Waals surface area contributed by atoms with E-state index in [1.807, 2.05) is 13.8 Å². The first-order chi connectivity index (χ1) is 12.3. The Bertz CT molecular complexity index is 678. The fourth-order valence-electron chi connectivity index (χ4n) is 2.85. The quantitative estimate of drug-likeness (QED) is 0.702. The molecule has 0 spiro atoms. The molecule has 2 rings (SSSR count). The normalized spacial score (nSPS) is 16.8. The van der Waals surface area contributed by atoms with Crippen molar-refractivity contribution in [3.8, 4) is 0 Å². The van der Waals surface area contributed by atoms with Crippen molar-refractivity contribution >= 4 is 15.9 Å². The number of amides is 1. The van der Waals surface area contributed by atoms with Gasteiger partial charge in [-0.3, -0.25) is 4.79 Å². The van der Waals surface area contributed by atoms with Gasteiger partial charge in [-0.25, -0.2) is 8.42 Å². The molecule has 0 atom stereocenters. The number of hydrogen-bond donors (Lipinski definition) is 1. The molecule has 0 bridgehead atoms. The highest BCUT2D eigenvalue weighted by Gasteiger charge is 2.28. The van der Waals surface area contributed by atoms with Gasteiger partial charge in [0.05, 0.1) is 11.0 Å². The van der Waals surface area contributed by atoms with E-state index in [0.717, 1.165) is 19.3 Å². The van der Waals surface area contributed by atoms with Gasteiger partial charge in [0.15, 0.2) is 0 Å². The van der Waals surface area contributed by atoms with Gasteiger partial charge < -0.3 is 10.1 Å². The third-order valence-electron chi connectivity index (χ3n) is 4.55. The summed E-state index contributed by atoms with van der Waals surface area (Å²) in [5, 5.41) is 2.82. The number of hydrogen-bond acceptors (Lipinski definition) is 4. The summed E-state index contributed by atoms with van der Waals surface area (Å²) >= 11 is 0. The predicted octanol–water partition coefficient (Wildman–Crippen LogP) is 2.65. The molecule has 1 amide bonds. The minimum Gasteiger partial charge on any atom is -0.379 e. The molecule has 0 aliphatic carbocycles. The van der Waals surface area contributed by atoms with Crippen LogP contribution in [0.2, 0.25) is 0 Å². The predicted molar refractivity (Wildman–Crippen MR) is 102 cm³/mol. The number of benzene rings is 1. The van der Waals surface area contributed by atoms with Crippen LogP contribution in [-0.2, 0) is 14.8 Å². The lowest BCUT2D eigenvalue weighted by molar-refractivity contribution is 0.0757. The average molecular weight is 383 g/mol. The van der Waals surface area contributed by atoms with E-state index >= 15 is 0 Å². The molecule has 0 saturated carbocycles. The largest absolute Gasteiger partial charge is 0.379 e. The second kappa shape index (κ2) is 9.48. The van der Waals surface area contributed by atoms with Crippen LogP contribution in [0.3, 0.4) is 0 Å². The number of carbonyl (C=O) groups excluding carboxylic acids is 1. The van der Waals surface area contributed by atoms with Gasteiger partial charge >= 0.3 is 0 Å². The molecule has 1 aliphatic heterocycles. The third kappa shape index (κ3) is 5.79. The fourth-order valence-corrected chi connectivity index (χ4v) is 4.32. The van der Waals surface area contributed by atoms with Gasteiger partial charge in [0.1, 0.15) is 0 Å². The van der Waals surface area contributed by atoms with Crippen molar-refractivity contribution < 1.29 is 17.9 Å². The van der Waals surface area contributed by atoms with E-state index in [0.29, 0.717) is 37.7 Å². The number of ether oxygens (including phenoxy) is 1. The number of rotatable bonds is 8. The van der Waals surface area contributed by atoms with Gasteiger partial charge in [-0.2, -0.15) is 4.31 Å². The zero-order chi connectivity index (χ0) is 19.2. The molecule has 0 radical (unpaired) electrons. The molecule has 1 fully saturated rings. The van der Waals surface area contributed by atoms with E-state index in [-0.39, 0.29) is 16.9 Å². The monoisotopic (exact) mass is 382 g/mol. The summed E-state index contributed by atoms with van der Waals surface area (Å²) in [5.74, 6) is 0.365. The molecule has 7 heteroatoms. The maximum Gasteiger partial charge on any atom is 0.251 e. The van der Waals surface area contributed by atoms with Crippen LogP contribution in [0.15, 0.2) is 29.2 Å². The zero-order valence-corrected chi connectivity index (χ0v) is 16.7. The van der Waals surface area contributed by atoms with E-state index in [9.17, 15) is 13.2 Å². The molecule has 1 aliphatic rings. The lowest BCUT2D eigenvalue weighted by atomic mass is 10.0. The first-order valence-corrected chi connectivity index (χ1v) is 10.7. The van der Waals surface area contributed by atoms with Crippen LogP contribution in [-0.4, -0.2) is 51.0 Å². The minimum atomic E-state index is -3.48. The highest BCUT2D eigenvalue weighted by atomic mass is 32.2. The third-order valence-corrected chi connectivity index (χ3v) is 6.47. The van der Waals surface area contributed by atoms with Crippen molar-refractivity contribution in [2.45, 2.75) is 51.0 Å². The summed E-state index contributed by atoms with van der Waals surface area (Å²) in [7, 11) is -3.48. The summed E-state index contributed by atoms with van der Waals surface area (Å²) in [5.41, 5.74) is 0.459. The zero-order valence-electron chi connectivity index (χ0n) is 15.9. The molecule has 0 aromatic heterocycles. The minimum absolute atomic E-state index is 0.184. The van der Waals surface area contributed by atoms with Crippen molar-refractivity contribution in [3.63, 3.8) is 0 Å². The average Bonchev–Trinajstić information content (AvgIpc) is 2.61. The van der Waals surface area contributed by atoms with E-state index < -0.39 is 10.0 Å². The van der Waals surface area contributed by atoms with Crippen LogP contribution in [0, 0.1) is 5.92 Å². The molecule has 0 unspecified atom stereocenters. The number of nitrogens with zero attached hydrogens (tertiary/aromatic N) is 1. The topological polar surface area (TPSA) is 75.7 Å². The van der Waals surface area contributed by atoms with E-state index in [4.69, 9.17) is 4.74 Å². The van der Waals surface area contributed by atoms with Crippen LogP contribution in [0.5, 0.6) is 0 Å². The molecule has 26 heavy (non-hydrogen) atoms. The Balaban J connectivity index is 1.89. The number of nitrogens with one attached hydrogen (secondary N) is 1. The maximum absolute atomic E-state index is 12.7. The summed E-state index contributed by atoms with van der Waals surface area (Å²) < 4.78 is 32.3. The SMILES string of the molecule is CC1CCN(S(=O)(=O)c2ccc(C(=O)NCCCOC(C)C)cc2)CC1. The Hall–Kier alpha value is -1.44. The van der Waals surface area contributed by atoms with E-state index in [2.05, 4.69) is 12.2 Å². The highest BCUT2D eigenvalue weighted by Crippen LogP contribution is 2.23. The Kier molecular flexibility index (Phi) is 7.61. The molecule has 1 aromatic carbocycles. The van der Waals surface area contributed by atoms with Crippen molar-refractivity contribution in [3.05, 3.63) is 29.8 Å². The Morgan fingerprint density at radius 2 is 1.85 bits per heavy atom. The van der Waals surface area contributed by atoms with Crippen molar-refractivity contribution in [1.82, 2.24) is 9.62 Å². The van der Waals surface area contributed by atoms with Crippen LogP contribution in [0.25, 0.3) is 0 Å². The van der Waals surface area contributed by atoms with Crippen molar-refractivity contribution in [2.75, 3.05) is 26.2 Å². The number of sulfonamides is 1. The fraction of sp³-hybridized carbons (Fsp3) is 0.632. The van der Waals surface area contributed by atoms with E-state index in [1.165, 1.54) is 16.4 Å². The van der Waals surface area contributed by atoms with Gasteiger partial charge in [-0.1, -0.05) is 6.92 Å². The summed E-state index contributed by atoms with van der Waals surface area (Å²) in [6.45, 7) is 8.33. The molecule has 1 saturated heterocycles. The lowest BCUT2D eigenvalue weighted by Crippen LogP contribution is -2.37. The summed E-state index contributed by atoms with van der Waals surface area (Å²) in [6, 6.07) is 6.17. The Morgan fingerprint density at radius 3 is 2.42 bits per heavy atom. The number of carbonyl (C=O) groups is 1. The van der Waals surface area contributed by atoms with Gasteiger partial charge in [-0.05, 0) is 63.3 Å². The highest BCUT2D eigenvalue weighted by molar-refractivity contribution is 7.89. The van der Waals surface area contributed by atoms with Crippen LogP contribution < -0.4 is 5.32 Å². The number of piperidine rings is 1. The second-order valence-corrected chi connectivity index (χ2v) is 9.08. The van der Waals surface area contributed by atoms with Crippen LogP contribution in [0.1, 0.15) is 50.4 Å². The molecule has 1 heterocycles. The smallest absolute Gasteiger partial charge is 0.251 e. The van der Waals surface area contributed by atoms with Crippen LogP contribution >= 0.6 is 0 Å². The van der Waals surface area contributed by atoms with Crippen LogP contribution in [0.4, 0.5) is 0 Å². The van der Waals surface area contributed by atoms with Gasteiger partial charge in [0.2, 0.25) is 10.0 Å². The van der Waals surface area contributed by atoms with E-state index in [1.54, 1.807) is 12.1 Å². The molecular formula is C19H30N2O4S. The second-order valence-electron chi connectivity index (χ2n) is 7.14. The van der Waals surface area contributed by atoms with Crippen molar-refractivity contribution in [1.29, 1.82) is 0 Å². The maximum atomic E-state index is 12.7. The Morgan fingerprint density at radius 1 is 1.23 bits per heavy atom. The van der Waals surface area contributed by atoms with Crippen molar-refractivity contribution in [2.24, 2.45) is 5.92 Å². The summed E-state index contributed by atoms with van der Waals surface area (Å²) in [4.78, 5) is 12.4. The molecule has 1 aromatic rings. The van der Waals surface area contributed by atoms with Gasteiger partial charge in [0, 0.05) is 31.8 Å². The first kappa shape index (κ1) is 20.9. The first-order valence-electron chi connectivity index (χ1n) is 9.30. The molecule has 6 nitrogen and oxygen atoms in total. The lowest BCUT2D eigenvalue weighted by Gasteiger charge is -2.29.